The summed E-state index contributed by atoms with van der Waals surface area (Å²) in [4.78, 5) is 2.49. The van der Waals surface area contributed by atoms with Gasteiger partial charge in [0, 0.05) is 32.3 Å². The predicted octanol–water partition coefficient (Wildman–Crippen LogP) is 2.37. The van der Waals surface area contributed by atoms with Crippen LogP contribution in [0.3, 0.4) is 0 Å². The van der Waals surface area contributed by atoms with E-state index in [9.17, 15) is 0 Å². The van der Waals surface area contributed by atoms with Gasteiger partial charge in [0.15, 0.2) is 0 Å². The van der Waals surface area contributed by atoms with Crippen LogP contribution in [0, 0.1) is 11.3 Å². The predicted molar refractivity (Wildman–Crippen MR) is 78.0 cm³/mol. The maximum Gasteiger partial charge on any atom is 0.0469 e. The number of ether oxygens (including phenoxy) is 1. The van der Waals surface area contributed by atoms with Gasteiger partial charge in [0.25, 0.3) is 0 Å². The Kier molecular flexibility index (Phi) is 6.61. The summed E-state index contributed by atoms with van der Waals surface area (Å²) in [6, 6.07) is 0.562. The van der Waals surface area contributed by atoms with E-state index in [-0.39, 0.29) is 0 Å². The summed E-state index contributed by atoms with van der Waals surface area (Å²) in [5.74, 6) is 0.825. The van der Waals surface area contributed by atoms with Crippen LogP contribution in [-0.2, 0) is 4.74 Å². The highest BCUT2D eigenvalue weighted by atomic mass is 16.5. The van der Waals surface area contributed by atoms with Gasteiger partial charge in [-0.3, -0.25) is 0 Å². The molecule has 1 saturated heterocycles. The van der Waals surface area contributed by atoms with Crippen molar-refractivity contribution in [3.63, 3.8) is 0 Å². The van der Waals surface area contributed by atoms with Crippen molar-refractivity contribution in [1.82, 2.24) is 10.2 Å². The first-order chi connectivity index (χ1) is 8.43. The van der Waals surface area contributed by atoms with Gasteiger partial charge in [-0.15, -0.1) is 0 Å². The molecule has 3 heteroatoms. The van der Waals surface area contributed by atoms with Crippen LogP contribution in [0.1, 0.15) is 40.5 Å². The summed E-state index contributed by atoms with van der Waals surface area (Å²) in [6.07, 6.45) is 2.46. The van der Waals surface area contributed by atoms with Gasteiger partial charge in [0.05, 0.1) is 0 Å². The van der Waals surface area contributed by atoms with E-state index in [1.165, 1.54) is 19.4 Å². The lowest BCUT2D eigenvalue weighted by molar-refractivity contribution is 0.0526. The Balaban J connectivity index is 2.37. The Labute approximate surface area is 113 Å². The summed E-state index contributed by atoms with van der Waals surface area (Å²) in [6.45, 7) is 14.5. The third-order valence-electron chi connectivity index (χ3n) is 3.90. The van der Waals surface area contributed by atoms with Crippen LogP contribution in [0.2, 0.25) is 0 Å². The number of hydrogen-bond acceptors (Lipinski definition) is 3. The fourth-order valence-electron chi connectivity index (χ4n) is 2.65. The van der Waals surface area contributed by atoms with Crippen LogP contribution in [0.25, 0.3) is 0 Å². The molecule has 0 spiro atoms. The molecule has 0 aromatic heterocycles. The van der Waals surface area contributed by atoms with Crippen LogP contribution < -0.4 is 5.32 Å². The van der Waals surface area contributed by atoms with Crippen LogP contribution in [0.5, 0.6) is 0 Å². The molecule has 1 fully saturated rings. The minimum Gasteiger partial charge on any atom is -0.381 e. The minimum atomic E-state index is 0.319. The second kappa shape index (κ2) is 7.46. The quantitative estimate of drug-likeness (QED) is 0.789. The molecular weight excluding hydrogens is 224 g/mol. The average Bonchev–Trinajstić information content (AvgIpc) is 2.28. The Hall–Kier alpha value is -0.120. The molecule has 0 amide bonds. The summed E-state index contributed by atoms with van der Waals surface area (Å²) in [7, 11) is 2.26. The van der Waals surface area contributed by atoms with Crippen molar-refractivity contribution in [3.05, 3.63) is 0 Å². The van der Waals surface area contributed by atoms with Crippen molar-refractivity contribution >= 4 is 0 Å². The Bertz CT molecular complexity index is 219. The van der Waals surface area contributed by atoms with Crippen molar-refractivity contribution in [3.8, 4) is 0 Å². The minimum absolute atomic E-state index is 0.319. The summed E-state index contributed by atoms with van der Waals surface area (Å²) in [5, 5.41) is 3.62. The molecule has 1 unspecified atom stereocenters. The molecule has 1 aliphatic rings. The lowest BCUT2D eigenvalue weighted by Gasteiger charge is -2.36. The van der Waals surface area contributed by atoms with E-state index in [0.717, 1.165) is 32.2 Å². The third-order valence-corrected chi connectivity index (χ3v) is 3.90. The summed E-state index contributed by atoms with van der Waals surface area (Å²) < 4.78 is 5.42. The van der Waals surface area contributed by atoms with Crippen molar-refractivity contribution in [2.45, 2.75) is 46.6 Å². The lowest BCUT2D eigenvalue weighted by Crippen LogP contribution is -2.48. The Morgan fingerprint density at radius 2 is 1.89 bits per heavy atom. The number of likely N-dealkylation sites (N-methyl/N-ethyl adjacent to an activating group) is 2. The normalized spacial score (nSPS) is 20.3. The van der Waals surface area contributed by atoms with Crippen molar-refractivity contribution < 1.29 is 4.74 Å². The molecule has 3 nitrogen and oxygen atoms in total. The van der Waals surface area contributed by atoms with E-state index in [0.29, 0.717) is 11.5 Å². The fraction of sp³-hybridized carbons (Fsp3) is 1.00. The van der Waals surface area contributed by atoms with Gasteiger partial charge >= 0.3 is 0 Å². The van der Waals surface area contributed by atoms with Crippen molar-refractivity contribution in [2.75, 3.05) is 39.9 Å². The molecule has 1 heterocycles. The van der Waals surface area contributed by atoms with Crippen molar-refractivity contribution in [2.24, 2.45) is 11.3 Å². The zero-order valence-corrected chi connectivity index (χ0v) is 13.0. The van der Waals surface area contributed by atoms with Crippen LogP contribution in [-0.4, -0.2) is 50.8 Å². The van der Waals surface area contributed by atoms with Gasteiger partial charge in [0.2, 0.25) is 0 Å². The smallest absolute Gasteiger partial charge is 0.0469 e. The topological polar surface area (TPSA) is 24.5 Å². The first-order valence-corrected chi connectivity index (χ1v) is 7.43. The Morgan fingerprint density at radius 3 is 2.39 bits per heavy atom. The molecule has 0 bridgehead atoms. The molecular formula is C15H32N2O. The molecule has 0 aromatic carbocycles. The van der Waals surface area contributed by atoms with E-state index in [1.54, 1.807) is 0 Å². The standard InChI is InChI=1S/C15H32N2O/c1-6-16-14(15(2,3)4)12-17(5)11-13-7-9-18-10-8-13/h13-14,16H,6-12H2,1-5H3. The molecule has 1 rings (SSSR count). The largest absolute Gasteiger partial charge is 0.381 e. The fourth-order valence-corrected chi connectivity index (χ4v) is 2.65. The SMILES string of the molecule is CCNC(CN(C)CC1CCOCC1)C(C)(C)C. The zero-order valence-electron chi connectivity index (χ0n) is 13.0. The molecule has 1 aliphatic heterocycles. The number of rotatable bonds is 6. The first kappa shape index (κ1) is 15.9. The van der Waals surface area contributed by atoms with Gasteiger partial charge in [-0.1, -0.05) is 27.7 Å². The summed E-state index contributed by atoms with van der Waals surface area (Å²) >= 11 is 0. The molecule has 18 heavy (non-hydrogen) atoms. The van der Waals surface area contributed by atoms with E-state index >= 15 is 0 Å². The molecule has 1 N–H and O–H groups in total. The Morgan fingerprint density at radius 1 is 1.28 bits per heavy atom. The highest BCUT2D eigenvalue weighted by molar-refractivity contribution is 4.83. The van der Waals surface area contributed by atoms with Gasteiger partial charge in [-0.2, -0.15) is 0 Å². The highest BCUT2D eigenvalue weighted by Gasteiger charge is 2.25. The van der Waals surface area contributed by atoms with Gasteiger partial charge in [0.1, 0.15) is 0 Å². The lowest BCUT2D eigenvalue weighted by atomic mass is 9.86. The zero-order chi connectivity index (χ0) is 13.6. The molecule has 0 aromatic rings. The number of nitrogens with one attached hydrogen (secondary N) is 1. The second-order valence-electron chi connectivity index (χ2n) is 6.75. The van der Waals surface area contributed by atoms with Crippen LogP contribution >= 0.6 is 0 Å². The number of nitrogens with zero attached hydrogens (tertiary/aromatic N) is 1. The van der Waals surface area contributed by atoms with E-state index in [4.69, 9.17) is 4.74 Å². The van der Waals surface area contributed by atoms with Gasteiger partial charge < -0.3 is 15.0 Å². The molecule has 0 saturated carbocycles. The molecule has 108 valence electrons. The van der Waals surface area contributed by atoms with E-state index < -0.39 is 0 Å². The van der Waals surface area contributed by atoms with Crippen molar-refractivity contribution in [1.29, 1.82) is 0 Å². The second-order valence-corrected chi connectivity index (χ2v) is 6.75. The van der Waals surface area contributed by atoms with E-state index in [1.807, 2.05) is 0 Å². The number of hydrogen-bond donors (Lipinski definition) is 1. The highest BCUT2D eigenvalue weighted by Crippen LogP contribution is 2.21. The third kappa shape index (κ3) is 5.68. The average molecular weight is 256 g/mol. The maximum absolute atomic E-state index is 5.42. The van der Waals surface area contributed by atoms with Crippen LogP contribution in [0.15, 0.2) is 0 Å². The molecule has 0 radical (unpaired) electrons. The van der Waals surface area contributed by atoms with Crippen LogP contribution in [0.4, 0.5) is 0 Å². The molecule has 1 atom stereocenters. The molecule has 0 aliphatic carbocycles. The maximum atomic E-state index is 5.42. The summed E-state index contributed by atoms with van der Waals surface area (Å²) in [5.41, 5.74) is 0.319. The first-order valence-electron chi connectivity index (χ1n) is 7.43. The van der Waals surface area contributed by atoms with E-state index in [2.05, 4.69) is 45.0 Å². The monoisotopic (exact) mass is 256 g/mol. The van der Waals surface area contributed by atoms with Gasteiger partial charge in [-0.25, -0.2) is 0 Å². The van der Waals surface area contributed by atoms with Gasteiger partial charge in [-0.05, 0) is 37.8 Å².